The van der Waals surface area contributed by atoms with Gasteiger partial charge in [0.05, 0.1) is 9.60 Å². The van der Waals surface area contributed by atoms with Crippen LogP contribution in [0.3, 0.4) is 0 Å². The number of fused-ring (bicyclic) bond motifs is 1. The van der Waals surface area contributed by atoms with Gasteiger partial charge in [-0.1, -0.05) is 18.3 Å². The molecule has 4 rings (SSSR count). The van der Waals surface area contributed by atoms with Crippen molar-refractivity contribution in [1.29, 1.82) is 0 Å². The predicted octanol–water partition coefficient (Wildman–Crippen LogP) is 3.75. The summed E-state index contributed by atoms with van der Waals surface area (Å²) in [4.78, 5) is 16.5. The van der Waals surface area contributed by atoms with Crippen molar-refractivity contribution in [2.24, 2.45) is 5.92 Å². The minimum absolute atomic E-state index is 0.00439. The fraction of sp³-hybridized carbons (Fsp3) is 0.300. The van der Waals surface area contributed by atoms with E-state index in [1.165, 1.54) is 28.6 Å². The van der Waals surface area contributed by atoms with Crippen LogP contribution in [0.15, 0.2) is 41.3 Å². The van der Waals surface area contributed by atoms with E-state index in [2.05, 4.69) is 15.8 Å². The van der Waals surface area contributed by atoms with Gasteiger partial charge in [-0.05, 0) is 49.1 Å². The third kappa shape index (κ3) is 4.53. The van der Waals surface area contributed by atoms with Crippen molar-refractivity contribution >= 4 is 42.6 Å². The zero-order chi connectivity index (χ0) is 22.2. The number of benzene rings is 2. The summed E-state index contributed by atoms with van der Waals surface area (Å²) in [6, 6.07) is 7.55. The second kappa shape index (κ2) is 8.48. The van der Waals surface area contributed by atoms with Crippen molar-refractivity contribution in [3.63, 3.8) is 0 Å². The second-order valence-corrected chi connectivity index (χ2v) is 10.4. The zero-order valence-corrected chi connectivity index (χ0v) is 18.2. The Morgan fingerprint density at radius 1 is 1.23 bits per heavy atom. The number of amides is 1. The van der Waals surface area contributed by atoms with Crippen LogP contribution in [0.4, 0.5) is 13.9 Å². The maximum Gasteiger partial charge on any atom is 0.269 e. The number of rotatable bonds is 5. The van der Waals surface area contributed by atoms with Gasteiger partial charge in [0.1, 0.15) is 11.3 Å². The van der Waals surface area contributed by atoms with Gasteiger partial charge in [0.15, 0.2) is 5.82 Å². The smallest absolute Gasteiger partial charge is 0.269 e. The fourth-order valence-electron chi connectivity index (χ4n) is 3.49. The molecule has 1 amide bonds. The lowest BCUT2D eigenvalue weighted by molar-refractivity contribution is 0.0962. The molecule has 1 fully saturated rings. The Morgan fingerprint density at radius 3 is 2.68 bits per heavy atom. The normalized spacial score (nSPS) is 17.6. The molecule has 1 atom stereocenters. The first-order valence-electron chi connectivity index (χ1n) is 9.66. The summed E-state index contributed by atoms with van der Waals surface area (Å²) >= 11 is 0.983. The number of nitrogens with one attached hydrogen (secondary N) is 2. The van der Waals surface area contributed by atoms with Gasteiger partial charge >= 0.3 is 0 Å². The topological polar surface area (TPSA) is 91.4 Å². The molecule has 11 heteroatoms. The van der Waals surface area contributed by atoms with Gasteiger partial charge in [-0.25, -0.2) is 22.2 Å². The first-order chi connectivity index (χ1) is 14.7. The zero-order valence-electron chi connectivity index (χ0n) is 16.6. The van der Waals surface area contributed by atoms with E-state index in [-0.39, 0.29) is 21.1 Å². The third-order valence-corrected chi connectivity index (χ3v) is 7.87. The highest BCUT2D eigenvalue weighted by atomic mass is 32.2. The highest BCUT2D eigenvalue weighted by Crippen LogP contribution is 2.28. The Kier molecular flexibility index (Phi) is 5.91. The number of anilines is 1. The Hall–Kier alpha value is -2.63. The Labute approximate surface area is 182 Å². The molecule has 1 aliphatic rings. The SMILES string of the molecule is C[C@H]1CCCN(S(=O)(=O)c2ccc(C(=O)NNc3nc4c(F)cc(F)cc4s3)cc2)C1. The van der Waals surface area contributed by atoms with Gasteiger partial charge in [-0.2, -0.15) is 4.31 Å². The van der Waals surface area contributed by atoms with E-state index in [4.69, 9.17) is 0 Å². The summed E-state index contributed by atoms with van der Waals surface area (Å²) in [5, 5.41) is 0.186. The third-order valence-electron chi connectivity index (χ3n) is 5.07. The molecule has 0 radical (unpaired) electrons. The van der Waals surface area contributed by atoms with Crippen molar-refractivity contribution in [2.45, 2.75) is 24.7 Å². The fourth-order valence-corrected chi connectivity index (χ4v) is 5.94. The lowest BCUT2D eigenvalue weighted by Gasteiger charge is -2.30. The number of aromatic nitrogens is 1. The molecule has 0 aliphatic carbocycles. The highest BCUT2D eigenvalue weighted by molar-refractivity contribution is 7.89. The van der Waals surface area contributed by atoms with Crippen LogP contribution in [0.2, 0.25) is 0 Å². The van der Waals surface area contributed by atoms with Crippen molar-refractivity contribution in [2.75, 3.05) is 18.5 Å². The van der Waals surface area contributed by atoms with Gasteiger partial charge in [0.2, 0.25) is 15.2 Å². The average molecular weight is 467 g/mol. The summed E-state index contributed by atoms with van der Waals surface area (Å²) in [7, 11) is -3.60. The number of carbonyl (C=O) groups is 1. The Morgan fingerprint density at radius 2 is 1.97 bits per heavy atom. The summed E-state index contributed by atoms with van der Waals surface area (Å²) in [6.07, 6.45) is 1.84. The monoisotopic (exact) mass is 466 g/mol. The average Bonchev–Trinajstić information content (AvgIpc) is 3.15. The van der Waals surface area contributed by atoms with E-state index in [1.807, 2.05) is 6.92 Å². The molecule has 164 valence electrons. The number of carbonyl (C=O) groups excluding carboxylic acids is 1. The van der Waals surface area contributed by atoms with Crippen LogP contribution >= 0.6 is 11.3 Å². The molecule has 7 nitrogen and oxygen atoms in total. The van der Waals surface area contributed by atoms with Crippen LogP contribution < -0.4 is 10.9 Å². The first-order valence-corrected chi connectivity index (χ1v) is 11.9. The second-order valence-electron chi connectivity index (χ2n) is 7.47. The first kappa shape index (κ1) is 21.6. The minimum atomic E-state index is -3.60. The number of hydrogen-bond donors (Lipinski definition) is 2. The minimum Gasteiger partial charge on any atom is -0.273 e. The van der Waals surface area contributed by atoms with Gasteiger partial charge in [0.25, 0.3) is 5.91 Å². The van der Waals surface area contributed by atoms with Gasteiger partial charge in [-0.15, -0.1) is 0 Å². The number of hydrogen-bond acceptors (Lipinski definition) is 6. The number of halogens is 2. The predicted molar refractivity (Wildman–Crippen MR) is 114 cm³/mol. The molecule has 1 aromatic heterocycles. The number of thiazole rings is 1. The van der Waals surface area contributed by atoms with E-state index in [9.17, 15) is 22.0 Å². The van der Waals surface area contributed by atoms with Gasteiger partial charge < -0.3 is 0 Å². The molecular formula is C20H20F2N4O3S2. The van der Waals surface area contributed by atoms with E-state index < -0.39 is 27.6 Å². The van der Waals surface area contributed by atoms with Crippen LogP contribution in [-0.4, -0.2) is 36.7 Å². The van der Waals surface area contributed by atoms with Gasteiger partial charge in [0, 0.05) is 24.7 Å². The largest absolute Gasteiger partial charge is 0.273 e. The number of hydrazine groups is 1. The lowest BCUT2D eigenvalue weighted by atomic mass is 10.0. The summed E-state index contributed by atoms with van der Waals surface area (Å²) in [5.41, 5.74) is 5.23. The molecule has 31 heavy (non-hydrogen) atoms. The summed E-state index contributed by atoms with van der Waals surface area (Å²) < 4.78 is 54.5. The van der Waals surface area contributed by atoms with E-state index >= 15 is 0 Å². The van der Waals surface area contributed by atoms with Crippen LogP contribution in [0, 0.1) is 17.6 Å². The van der Waals surface area contributed by atoms with Crippen molar-refractivity contribution in [3.8, 4) is 0 Å². The Balaban J connectivity index is 1.43. The van der Waals surface area contributed by atoms with Crippen molar-refractivity contribution in [3.05, 3.63) is 53.6 Å². The molecule has 0 unspecified atom stereocenters. The van der Waals surface area contributed by atoms with Crippen LogP contribution in [0.1, 0.15) is 30.1 Å². The van der Waals surface area contributed by atoms with Crippen LogP contribution in [0.25, 0.3) is 10.2 Å². The van der Waals surface area contributed by atoms with E-state index in [1.54, 1.807) is 0 Å². The quantitative estimate of drug-likeness (QED) is 0.559. The molecule has 2 heterocycles. The summed E-state index contributed by atoms with van der Waals surface area (Å²) in [6.45, 7) is 3.01. The molecule has 3 aromatic rings. The highest BCUT2D eigenvalue weighted by Gasteiger charge is 2.28. The summed E-state index contributed by atoms with van der Waals surface area (Å²) in [5.74, 6) is -1.71. The maximum absolute atomic E-state index is 13.8. The molecule has 1 saturated heterocycles. The van der Waals surface area contributed by atoms with Crippen LogP contribution in [0.5, 0.6) is 0 Å². The molecule has 0 spiro atoms. The molecular weight excluding hydrogens is 446 g/mol. The number of sulfonamides is 1. The van der Waals surface area contributed by atoms with Gasteiger partial charge in [-0.3, -0.25) is 15.6 Å². The van der Waals surface area contributed by atoms with Crippen molar-refractivity contribution < 1.29 is 22.0 Å². The number of nitrogens with zero attached hydrogens (tertiary/aromatic N) is 2. The Bertz CT molecular complexity index is 1230. The van der Waals surface area contributed by atoms with Crippen LogP contribution in [-0.2, 0) is 10.0 Å². The van der Waals surface area contributed by atoms with Crippen molar-refractivity contribution in [1.82, 2.24) is 14.7 Å². The van der Waals surface area contributed by atoms with E-state index in [0.717, 1.165) is 36.3 Å². The molecule has 0 saturated carbocycles. The standard InChI is InChI=1S/C20H20F2N4O3S2/c1-12-3-2-8-26(11-12)31(28,29)15-6-4-13(5-7-15)19(27)24-25-20-23-18-16(22)9-14(21)10-17(18)30-20/h4-7,9-10,12H,2-3,8,11H2,1H3,(H,23,25)(H,24,27)/t12-/m0/s1. The number of piperidine rings is 1. The lowest BCUT2D eigenvalue weighted by Crippen LogP contribution is -2.39. The molecule has 0 bridgehead atoms. The molecule has 2 aromatic carbocycles. The molecule has 2 N–H and O–H groups in total. The van der Waals surface area contributed by atoms with E-state index in [0.29, 0.717) is 23.7 Å². The maximum atomic E-state index is 13.8. The molecule has 1 aliphatic heterocycles.